The van der Waals surface area contributed by atoms with Crippen LogP contribution in [-0.2, 0) is 6.42 Å². The first kappa shape index (κ1) is 18.1. The van der Waals surface area contributed by atoms with E-state index < -0.39 is 0 Å². The summed E-state index contributed by atoms with van der Waals surface area (Å²) in [5.41, 5.74) is 1.15. The minimum absolute atomic E-state index is 0.0744. The third-order valence-electron chi connectivity index (χ3n) is 3.25. The first-order valence-electron chi connectivity index (χ1n) is 7.80. The normalized spacial score (nSPS) is 10.1. The number of carbonyl (C=O) groups excluding carboxylic acids is 1. The molecule has 0 aliphatic carbocycles. The van der Waals surface area contributed by atoms with Gasteiger partial charge in [0.25, 0.3) is 0 Å². The monoisotopic (exact) mass is 392 g/mol. The topological polar surface area (TPSA) is 59.6 Å². The highest BCUT2D eigenvalue weighted by atomic mass is 79.9. The number of hydrogen-bond acceptors (Lipinski definition) is 3. The van der Waals surface area contributed by atoms with Gasteiger partial charge in [0.2, 0.25) is 0 Å². The van der Waals surface area contributed by atoms with Crippen molar-refractivity contribution < 1.29 is 14.3 Å². The summed E-state index contributed by atoms with van der Waals surface area (Å²) in [6.45, 7) is 3.09. The van der Waals surface area contributed by atoms with Crippen molar-refractivity contribution in [3.05, 3.63) is 58.6 Å². The van der Waals surface area contributed by atoms with Gasteiger partial charge in [0, 0.05) is 11.0 Å². The van der Waals surface area contributed by atoms with Crippen LogP contribution in [0, 0.1) is 0 Å². The summed E-state index contributed by atoms with van der Waals surface area (Å²) < 4.78 is 12.0. The molecule has 0 atom stereocenters. The zero-order valence-electron chi connectivity index (χ0n) is 13.5. The average molecular weight is 393 g/mol. The molecule has 2 aromatic carbocycles. The van der Waals surface area contributed by atoms with E-state index in [9.17, 15) is 4.79 Å². The molecular weight excluding hydrogens is 372 g/mol. The van der Waals surface area contributed by atoms with Crippen molar-refractivity contribution >= 4 is 22.0 Å². The summed E-state index contributed by atoms with van der Waals surface area (Å²) in [4.78, 5) is 11.8. The number of amides is 2. The summed E-state index contributed by atoms with van der Waals surface area (Å²) in [5.74, 6) is 1.27. The van der Waals surface area contributed by atoms with Crippen molar-refractivity contribution in [2.24, 2.45) is 0 Å². The Bertz CT molecular complexity index is 664. The van der Waals surface area contributed by atoms with E-state index in [0.29, 0.717) is 24.7 Å². The zero-order valence-corrected chi connectivity index (χ0v) is 15.1. The predicted octanol–water partition coefficient (Wildman–Crippen LogP) is 3.73. The van der Waals surface area contributed by atoms with Gasteiger partial charge in [0.15, 0.2) is 18.2 Å². The van der Waals surface area contributed by atoms with Crippen LogP contribution in [-0.4, -0.2) is 25.9 Å². The van der Waals surface area contributed by atoms with E-state index in [0.717, 1.165) is 16.5 Å². The van der Waals surface area contributed by atoms with Crippen LogP contribution in [0.15, 0.2) is 53.0 Å². The molecule has 0 unspecified atom stereocenters. The Morgan fingerprint density at radius 1 is 1.00 bits per heavy atom. The van der Waals surface area contributed by atoms with Crippen LogP contribution in [0.3, 0.4) is 0 Å². The van der Waals surface area contributed by atoms with Crippen molar-refractivity contribution in [2.75, 3.05) is 19.9 Å². The third-order valence-corrected chi connectivity index (χ3v) is 4.02. The lowest BCUT2D eigenvalue weighted by atomic mass is 10.1. The number of para-hydroxylation sites is 2. The van der Waals surface area contributed by atoms with Crippen LogP contribution >= 0.6 is 15.9 Å². The van der Waals surface area contributed by atoms with Crippen molar-refractivity contribution in [3.63, 3.8) is 0 Å². The lowest BCUT2D eigenvalue weighted by Crippen LogP contribution is -2.38. The van der Waals surface area contributed by atoms with E-state index in [1.165, 1.54) is 0 Å². The molecule has 128 valence electrons. The molecule has 0 aromatic heterocycles. The predicted molar refractivity (Wildman–Crippen MR) is 97.5 cm³/mol. The van der Waals surface area contributed by atoms with Crippen LogP contribution < -0.4 is 20.1 Å². The first-order chi connectivity index (χ1) is 11.7. The maximum atomic E-state index is 11.8. The Morgan fingerprint density at radius 2 is 1.67 bits per heavy atom. The van der Waals surface area contributed by atoms with Gasteiger partial charge in [-0.05, 0) is 37.1 Å². The number of hydrogen-bond donors (Lipinski definition) is 2. The van der Waals surface area contributed by atoms with Gasteiger partial charge in [-0.2, -0.15) is 0 Å². The number of halogens is 1. The fraction of sp³-hybridized carbons (Fsp3) is 0.278. The number of carbonyl (C=O) groups is 1. The molecular formula is C18H21BrN2O3. The number of ether oxygens (including phenoxy) is 2. The van der Waals surface area contributed by atoms with Crippen LogP contribution in [0.2, 0.25) is 0 Å². The van der Waals surface area contributed by atoms with Gasteiger partial charge in [-0.3, -0.25) is 0 Å². The Hall–Kier alpha value is -2.21. The highest BCUT2D eigenvalue weighted by Crippen LogP contribution is 2.25. The molecule has 5 nitrogen and oxygen atoms in total. The summed E-state index contributed by atoms with van der Waals surface area (Å²) in [5, 5.41) is 5.46. The van der Waals surface area contributed by atoms with Crippen molar-refractivity contribution in [1.82, 2.24) is 10.6 Å². The maximum absolute atomic E-state index is 11.8. The third kappa shape index (κ3) is 5.77. The minimum Gasteiger partial charge on any atom is -0.490 e. The molecule has 0 heterocycles. The van der Waals surface area contributed by atoms with E-state index in [1.54, 1.807) is 6.07 Å². The minimum atomic E-state index is -0.268. The second-order valence-corrected chi connectivity index (χ2v) is 5.80. The van der Waals surface area contributed by atoms with E-state index in [4.69, 9.17) is 9.47 Å². The second-order valence-electron chi connectivity index (χ2n) is 4.94. The molecule has 2 aromatic rings. The number of urea groups is 1. The molecule has 24 heavy (non-hydrogen) atoms. The Labute approximate surface area is 150 Å². The van der Waals surface area contributed by atoms with E-state index in [-0.39, 0.29) is 12.8 Å². The fourth-order valence-electron chi connectivity index (χ4n) is 2.10. The summed E-state index contributed by atoms with van der Waals surface area (Å²) in [6.07, 6.45) is 0.753. The Morgan fingerprint density at radius 3 is 2.38 bits per heavy atom. The molecule has 0 fully saturated rings. The molecule has 0 saturated carbocycles. The standard InChI is InChI=1S/C18H21BrN2O3/c1-2-23-16-9-5-6-10-17(16)24-13-21-18(22)20-12-11-14-7-3-4-8-15(14)19/h3-10H,2,11-13H2,1H3,(H2,20,21,22). The molecule has 0 bridgehead atoms. The lowest BCUT2D eigenvalue weighted by Gasteiger charge is -2.12. The summed E-state index contributed by atoms with van der Waals surface area (Å²) in [7, 11) is 0. The molecule has 0 aliphatic rings. The molecule has 2 amide bonds. The van der Waals surface area contributed by atoms with Gasteiger partial charge in [-0.15, -0.1) is 0 Å². The molecule has 0 spiro atoms. The highest BCUT2D eigenvalue weighted by Gasteiger charge is 2.05. The van der Waals surface area contributed by atoms with Crippen LogP contribution in [0.4, 0.5) is 4.79 Å². The largest absolute Gasteiger partial charge is 0.490 e. The molecule has 0 saturated heterocycles. The van der Waals surface area contributed by atoms with Gasteiger partial charge in [0.1, 0.15) is 0 Å². The molecule has 0 radical (unpaired) electrons. The van der Waals surface area contributed by atoms with Gasteiger partial charge in [0.05, 0.1) is 6.61 Å². The van der Waals surface area contributed by atoms with Crippen LogP contribution in [0.25, 0.3) is 0 Å². The molecule has 2 rings (SSSR count). The first-order valence-corrected chi connectivity index (χ1v) is 8.59. The molecule has 0 aliphatic heterocycles. The van der Waals surface area contributed by atoms with E-state index in [2.05, 4.69) is 26.6 Å². The van der Waals surface area contributed by atoms with Gasteiger partial charge >= 0.3 is 6.03 Å². The number of rotatable bonds is 8. The van der Waals surface area contributed by atoms with Gasteiger partial charge < -0.3 is 20.1 Å². The van der Waals surface area contributed by atoms with Gasteiger partial charge in [-0.25, -0.2) is 4.79 Å². The summed E-state index contributed by atoms with van der Waals surface area (Å²) in [6, 6.07) is 15.0. The van der Waals surface area contributed by atoms with E-state index in [1.807, 2.05) is 49.4 Å². The average Bonchev–Trinajstić information content (AvgIpc) is 2.58. The number of benzene rings is 2. The van der Waals surface area contributed by atoms with Crippen molar-refractivity contribution in [2.45, 2.75) is 13.3 Å². The zero-order chi connectivity index (χ0) is 17.2. The second kappa shape index (κ2) is 9.82. The maximum Gasteiger partial charge on any atom is 0.317 e. The highest BCUT2D eigenvalue weighted by molar-refractivity contribution is 9.10. The summed E-state index contributed by atoms with van der Waals surface area (Å²) >= 11 is 3.49. The quantitative estimate of drug-likeness (QED) is 0.672. The smallest absolute Gasteiger partial charge is 0.317 e. The van der Waals surface area contributed by atoms with Crippen molar-refractivity contribution in [1.29, 1.82) is 0 Å². The Balaban J connectivity index is 1.69. The number of nitrogens with one attached hydrogen (secondary N) is 2. The molecule has 6 heteroatoms. The SMILES string of the molecule is CCOc1ccccc1OCNC(=O)NCCc1ccccc1Br. The fourth-order valence-corrected chi connectivity index (χ4v) is 2.58. The van der Waals surface area contributed by atoms with Crippen molar-refractivity contribution in [3.8, 4) is 11.5 Å². The van der Waals surface area contributed by atoms with Gasteiger partial charge in [-0.1, -0.05) is 46.3 Å². The Kier molecular flexibility index (Phi) is 7.42. The van der Waals surface area contributed by atoms with Crippen LogP contribution in [0.1, 0.15) is 12.5 Å². The van der Waals surface area contributed by atoms with E-state index >= 15 is 0 Å². The van der Waals surface area contributed by atoms with Crippen LogP contribution in [0.5, 0.6) is 11.5 Å². The lowest BCUT2D eigenvalue weighted by molar-refractivity contribution is 0.220. The molecule has 2 N–H and O–H groups in total.